The van der Waals surface area contributed by atoms with Gasteiger partial charge >= 0.3 is 24.7 Å². The largest absolute Gasteiger partial charge is 0.402 e. The highest BCUT2D eigenvalue weighted by Crippen LogP contribution is 2.58. The van der Waals surface area contributed by atoms with Gasteiger partial charge in [0.25, 0.3) is 0 Å². The monoisotopic (exact) mass is 905 g/mol. The highest BCUT2D eigenvalue weighted by atomic mass is 19.4. The lowest BCUT2D eigenvalue weighted by atomic mass is 9.82. The summed E-state index contributed by atoms with van der Waals surface area (Å²) in [4.78, 5) is 0. The molecule has 368 valence electrons. The first-order chi connectivity index (χ1) is 25.9. The van der Waals surface area contributed by atoms with Crippen LogP contribution in [0.15, 0.2) is 72.8 Å². The van der Waals surface area contributed by atoms with Gasteiger partial charge in [0.1, 0.15) is 0 Å². The molecule has 61 heavy (non-hydrogen) atoms. The third-order valence-electron chi connectivity index (χ3n) is 8.52. The Morgan fingerprint density at radius 3 is 0.574 bits per heavy atom. The van der Waals surface area contributed by atoms with Crippen molar-refractivity contribution in [1.29, 1.82) is 0 Å². The maximum atomic E-state index is 11.6. The molecule has 0 saturated heterocycles. The van der Waals surface area contributed by atoms with E-state index in [2.05, 4.69) is 55.4 Å². The molecule has 12 heteroatoms. The Bertz CT molecular complexity index is 1020. The fourth-order valence-electron chi connectivity index (χ4n) is 5.11. The Labute approximate surface area is 366 Å². The van der Waals surface area contributed by atoms with Crippen molar-refractivity contribution in [2.45, 2.75) is 196 Å². The van der Waals surface area contributed by atoms with Crippen LogP contribution in [0.3, 0.4) is 0 Å². The molecule has 3 saturated carbocycles. The number of rotatable bonds is 0. The van der Waals surface area contributed by atoms with E-state index >= 15 is 0 Å². The number of hydrogen-bond acceptors (Lipinski definition) is 0. The summed E-state index contributed by atoms with van der Waals surface area (Å²) in [6, 6.07) is 24.0. The Morgan fingerprint density at radius 1 is 0.311 bits per heavy atom. The van der Waals surface area contributed by atoms with Gasteiger partial charge in [-0.25, -0.2) is 0 Å². The van der Waals surface area contributed by atoms with E-state index in [0.29, 0.717) is 10.8 Å². The number of fused-ring (bicyclic) bond motifs is 5. The minimum absolute atomic E-state index is 0. The van der Waals surface area contributed by atoms with Crippen molar-refractivity contribution < 1.29 is 52.7 Å². The van der Waals surface area contributed by atoms with Crippen molar-refractivity contribution in [3.05, 3.63) is 72.8 Å². The smallest absolute Gasteiger partial charge is 0.170 e. The van der Waals surface area contributed by atoms with Crippen LogP contribution in [0.2, 0.25) is 0 Å². The first kappa shape index (κ1) is 73.0. The first-order valence-corrected chi connectivity index (χ1v) is 20.2. The molecule has 3 aliphatic rings. The molecule has 0 spiro atoms. The fraction of sp³-hybridized carbons (Fsp3) is 0.755. The Balaban J connectivity index is -0.000000111. The zero-order valence-corrected chi connectivity index (χ0v) is 38.0. The fourth-order valence-corrected chi connectivity index (χ4v) is 5.11. The number of hydrogen-bond donors (Lipinski definition) is 0. The highest BCUT2D eigenvalue weighted by molar-refractivity contribution is 5.00. The number of halogens is 12. The second-order valence-corrected chi connectivity index (χ2v) is 18.1. The van der Waals surface area contributed by atoms with E-state index in [1.54, 1.807) is 38.5 Å². The van der Waals surface area contributed by atoms with Crippen molar-refractivity contribution in [3.8, 4) is 0 Å². The molecule has 0 nitrogen and oxygen atoms in total. The summed E-state index contributed by atoms with van der Waals surface area (Å²) in [6.45, 7) is 25.9. The highest BCUT2D eigenvalue weighted by Gasteiger charge is 2.65. The number of benzene rings is 2. The topological polar surface area (TPSA) is 0 Å². The van der Waals surface area contributed by atoms with Gasteiger partial charge in [-0.1, -0.05) is 185 Å². The molecule has 4 unspecified atom stereocenters. The van der Waals surface area contributed by atoms with Crippen molar-refractivity contribution >= 4 is 0 Å². The molecule has 0 aromatic heterocycles. The summed E-state index contributed by atoms with van der Waals surface area (Å²) in [5, 5.41) is 0. The molecular formula is C49H88F12. The summed E-state index contributed by atoms with van der Waals surface area (Å²) in [7, 11) is 0. The standard InChI is InChI=1S/C10H16.2C6H6.2C5H6F6.2C5H12.2C2H6.3CH4/c1-2-9-7-4-5-8(6-7)10(9)3-1;2*1-2-4-6-5-3-1;2*1-3(2,4(6,7)8)5(9,10)11;2*1-5(2,3)4;2*1-2;;;/h7-10H,1-6H2;2*1-6H;2*1-2H3;2*1-4H3;2*1-2H3;3*1H4. The second-order valence-electron chi connectivity index (χ2n) is 18.1. The third kappa shape index (κ3) is 33.8. The van der Waals surface area contributed by atoms with Gasteiger partial charge in [0, 0.05) is 0 Å². The van der Waals surface area contributed by atoms with Crippen LogP contribution in [0.1, 0.15) is 172 Å². The molecule has 0 amide bonds. The molecule has 3 aliphatic carbocycles. The summed E-state index contributed by atoms with van der Waals surface area (Å²) in [6.07, 6.45) is -11.4. The van der Waals surface area contributed by atoms with Gasteiger partial charge in [-0.15, -0.1) is 0 Å². The molecule has 0 aliphatic heterocycles. The summed E-state index contributed by atoms with van der Waals surface area (Å²) in [5.41, 5.74) is -6.25. The Morgan fingerprint density at radius 2 is 0.459 bits per heavy atom. The van der Waals surface area contributed by atoms with Crippen LogP contribution in [0.4, 0.5) is 52.7 Å². The summed E-state index contributed by atoms with van der Waals surface area (Å²) in [5.74, 6) is 4.80. The maximum Gasteiger partial charge on any atom is 0.402 e. The first-order valence-electron chi connectivity index (χ1n) is 20.2. The molecular weight excluding hydrogens is 817 g/mol. The Hall–Kier alpha value is -2.40. The molecule has 4 atom stereocenters. The Kier molecular flexibility index (Phi) is 38.6. The molecule has 2 aromatic rings. The SMILES string of the molecule is C.C.C.C1CC2C3CCC(C3)C2C1.CC.CC.CC(C)(C(F)(F)F)C(F)(F)F.CC(C)(C(F)(F)F)C(F)(F)F.CC(C)(C)C.CC(C)(C)C.c1ccccc1.c1ccccc1. The molecule has 2 bridgehead atoms. The predicted octanol–water partition coefficient (Wildman–Crippen LogP) is 20.5. The van der Waals surface area contributed by atoms with E-state index in [4.69, 9.17) is 0 Å². The van der Waals surface area contributed by atoms with E-state index in [1.807, 2.05) is 100 Å². The van der Waals surface area contributed by atoms with Gasteiger partial charge in [0.05, 0.1) is 0 Å². The lowest BCUT2D eigenvalue weighted by Crippen LogP contribution is -2.44. The van der Waals surface area contributed by atoms with Crippen LogP contribution in [-0.4, -0.2) is 24.7 Å². The van der Waals surface area contributed by atoms with Gasteiger partial charge in [-0.2, -0.15) is 52.7 Å². The van der Waals surface area contributed by atoms with Crippen LogP contribution in [0.5, 0.6) is 0 Å². The quantitative estimate of drug-likeness (QED) is 0.231. The van der Waals surface area contributed by atoms with Crippen LogP contribution >= 0.6 is 0 Å². The van der Waals surface area contributed by atoms with Crippen molar-refractivity contribution in [2.24, 2.45) is 45.3 Å². The maximum absolute atomic E-state index is 11.6. The van der Waals surface area contributed by atoms with Crippen LogP contribution in [-0.2, 0) is 0 Å². The molecule has 0 N–H and O–H groups in total. The minimum atomic E-state index is -5.24. The lowest BCUT2D eigenvalue weighted by molar-refractivity contribution is -0.328. The minimum Gasteiger partial charge on any atom is -0.170 e. The van der Waals surface area contributed by atoms with Crippen molar-refractivity contribution in [1.82, 2.24) is 0 Å². The normalized spacial score (nSPS) is 18.7. The van der Waals surface area contributed by atoms with Gasteiger partial charge in [-0.05, 0) is 94.3 Å². The molecule has 5 rings (SSSR count). The van der Waals surface area contributed by atoms with Gasteiger partial charge in [0.15, 0.2) is 10.8 Å². The third-order valence-corrected chi connectivity index (χ3v) is 8.52. The van der Waals surface area contributed by atoms with E-state index in [9.17, 15) is 52.7 Å². The van der Waals surface area contributed by atoms with Crippen molar-refractivity contribution in [2.75, 3.05) is 0 Å². The zero-order chi connectivity index (χ0) is 47.0. The lowest BCUT2D eigenvalue weighted by Gasteiger charge is -2.29. The molecule has 3 fully saturated rings. The van der Waals surface area contributed by atoms with E-state index < -0.39 is 35.5 Å². The van der Waals surface area contributed by atoms with E-state index in [1.165, 1.54) is 23.7 Å². The van der Waals surface area contributed by atoms with E-state index in [0.717, 1.165) is 0 Å². The van der Waals surface area contributed by atoms with Crippen LogP contribution in [0, 0.1) is 45.3 Å². The predicted molar refractivity (Wildman–Crippen MR) is 239 cm³/mol. The average Bonchev–Trinajstić information content (AvgIpc) is 3.83. The van der Waals surface area contributed by atoms with Gasteiger partial charge in [-0.3, -0.25) is 0 Å². The number of alkyl halides is 12. The van der Waals surface area contributed by atoms with Crippen LogP contribution in [0.25, 0.3) is 0 Å². The molecule has 2 aromatic carbocycles. The van der Waals surface area contributed by atoms with E-state index in [-0.39, 0.29) is 50.0 Å². The summed E-state index contributed by atoms with van der Waals surface area (Å²) >= 11 is 0. The van der Waals surface area contributed by atoms with Crippen molar-refractivity contribution in [3.63, 3.8) is 0 Å². The molecule has 0 heterocycles. The second kappa shape index (κ2) is 32.3. The van der Waals surface area contributed by atoms with Gasteiger partial charge in [0.2, 0.25) is 0 Å². The molecule has 0 radical (unpaired) electrons. The average molecular weight is 905 g/mol. The summed E-state index contributed by atoms with van der Waals surface area (Å²) < 4.78 is 139. The zero-order valence-electron chi connectivity index (χ0n) is 38.0. The van der Waals surface area contributed by atoms with Crippen LogP contribution < -0.4 is 0 Å². The van der Waals surface area contributed by atoms with Gasteiger partial charge < -0.3 is 0 Å².